The maximum Gasteiger partial charge on any atom is 0.335 e. The van der Waals surface area contributed by atoms with Crippen molar-refractivity contribution in [2.24, 2.45) is 0 Å². The molecular formula is C26H24Cl2FNO5. The Kier molecular flexibility index (Phi) is 6.61. The molecule has 2 fully saturated rings. The van der Waals surface area contributed by atoms with E-state index < -0.39 is 17.4 Å². The number of rotatable bonds is 7. The van der Waals surface area contributed by atoms with E-state index in [0.29, 0.717) is 52.9 Å². The highest BCUT2D eigenvalue weighted by molar-refractivity contribution is 6.39. The first-order valence-electron chi connectivity index (χ1n) is 11.6. The van der Waals surface area contributed by atoms with E-state index in [0.717, 1.165) is 30.2 Å². The van der Waals surface area contributed by atoms with Crippen LogP contribution in [0.15, 0.2) is 40.9 Å². The van der Waals surface area contributed by atoms with Gasteiger partial charge in [-0.05, 0) is 62.8 Å². The molecule has 0 bridgehead atoms. The van der Waals surface area contributed by atoms with Crippen LogP contribution in [0.5, 0.6) is 0 Å². The summed E-state index contributed by atoms with van der Waals surface area (Å²) in [4.78, 5) is 11.1. The third kappa shape index (κ3) is 4.83. The van der Waals surface area contributed by atoms with Gasteiger partial charge in [0.05, 0.1) is 33.9 Å². The lowest BCUT2D eigenvalue weighted by molar-refractivity contribution is -0.0656. The molecule has 0 spiro atoms. The Morgan fingerprint density at radius 1 is 1.14 bits per heavy atom. The summed E-state index contributed by atoms with van der Waals surface area (Å²) in [6, 6.07) is 8.90. The van der Waals surface area contributed by atoms with E-state index in [4.69, 9.17) is 37.6 Å². The van der Waals surface area contributed by atoms with Crippen molar-refractivity contribution in [3.05, 3.63) is 74.7 Å². The Balaban J connectivity index is 1.30. The molecule has 0 amide bonds. The van der Waals surface area contributed by atoms with E-state index in [1.54, 1.807) is 18.2 Å². The monoisotopic (exact) mass is 519 g/mol. The van der Waals surface area contributed by atoms with Crippen molar-refractivity contribution < 1.29 is 28.7 Å². The molecule has 0 radical (unpaired) electrons. The fraction of sp³-hybridized carbons (Fsp3) is 0.385. The van der Waals surface area contributed by atoms with Gasteiger partial charge in [0.25, 0.3) is 0 Å². The second-order valence-corrected chi connectivity index (χ2v) is 10.1. The van der Waals surface area contributed by atoms with Gasteiger partial charge in [-0.2, -0.15) is 0 Å². The number of aliphatic hydroxyl groups is 1. The van der Waals surface area contributed by atoms with Crippen LogP contribution in [-0.4, -0.2) is 27.4 Å². The van der Waals surface area contributed by atoms with Crippen molar-refractivity contribution in [2.75, 3.05) is 0 Å². The van der Waals surface area contributed by atoms with Gasteiger partial charge < -0.3 is 19.5 Å². The number of nitrogens with zero attached hydrogens (tertiary/aromatic N) is 1. The molecule has 184 valence electrons. The lowest BCUT2D eigenvalue weighted by Crippen LogP contribution is -2.35. The molecule has 1 heterocycles. The Morgan fingerprint density at radius 3 is 2.43 bits per heavy atom. The van der Waals surface area contributed by atoms with Gasteiger partial charge in [-0.25, -0.2) is 9.18 Å². The van der Waals surface area contributed by atoms with Crippen molar-refractivity contribution in [1.29, 1.82) is 0 Å². The number of aromatic nitrogens is 1. The minimum atomic E-state index is -1.37. The highest BCUT2D eigenvalue weighted by atomic mass is 35.5. The molecule has 2 aliphatic carbocycles. The molecule has 5 rings (SSSR count). The predicted octanol–water partition coefficient (Wildman–Crippen LogP) is 6.71. The maximum atomic E-state index is 14.6. The zero-order valence-corrected chi connectivity index (χ0v) is 20.3. The fourth-order valence-electron chi connectivity index (χ4n) is 4.78. The van der Waals surface area contributed by atoms with Crippen LogP contribution in [-0.2, 0) is 16.9 Å². The molecule has 0 aliphatic heterocycles. The Labute approximate surface area is 211 Å². The van der Waals surface area contributed by atoms with E-state index in [2.05, 4.69) is 5.16 Å². The standard InChI is InChI=1S/C26H24Cl2FNO5/c27-19-2-1-3-20(28)22(19)23-17(24(35-30-23)14-4-5-14)13-34-16-8-10-26(33,11-9-16)18-7-6-15(25(31)32)12-21(18)29/h1-3,6-7,12,14,16,33H,4-5,8-11,13H2,(H,31,32)/t16-,26+. The van der Waals surface area contributed by atoms with Gasteiger partial charge >= 0.3 is 5.97 Å². The van der Waals surface area contributed by atoms with E-state index >= 15 is 0 Å². The molecule has 2 aromatic carbocycles. The van der Waals surface area contributed by atoms with Gasteiger partial charge in [0, 0.05) is 22.6 Å². The average molecular weight is 520 g/mol. The second kappa shape index (κ2) is 9.54. The minimum absolute atomic E-state index is 0.117. The van der Waals surface area contributed by atoms with E-state index in [1.807, 2.05) is 0 Å². The third-order valence-corrected chi connectivity index (χ3v) is 7.54. The number of benzene rings is 2. The van der Waals surface area contributed by atoms with Crippen molar-refractivity contribution in [2.45, 2.75) is 62.8 Å². The van der Waals surface area contributed by atoms with Gasteiger partial charge in [0.15, 0.2) is 0 Å². The first-order valence-corrected chi connectivity index (χ1v) is 12.3. The van der Waals surface area contributed by atoms with Gasteiger partial charge in [0.2, 0.25) is 0 Å². The number of aromatic carboxylic acids is 1. The highest BCUT2D eigenvalue weighted by Crippen LogP contribution is 2.46. The number of halogens is 3. The first kappa shape index (κ1) is 24.3. The predicted molar refractivity (Wildman–Crippen MR) is 128 cm³/mol. The molecular weight excluding hydrogens is 496 g/mol. The zero-order chi connectivity index (χ0) is 24.7. The Bertz CT molecular complexity index is 1240. The number of carboxylic acids is 1. The van der Waals surface area contributed by atoms with Crippen LogP contribution in [0, 0.1) is 5.82 Å². The smallest absolute Gasteiger partial charge is 0.335 e. The Morgan fingerprint density at radius 2 is 1.83 bits per heavy atom. The van der Waals surface area contributed by atoms with Crippen LogP contribution < -0.4 is 0 Å². The number of hydrogen-bond acceptors (Lipinski definition) is 5. The van der Waals surface area contributed by atoms with Crippen LogP contribution in [0.2, 0.25) is 10.0 Å². The molecule has 0 saturated heterocycles. The molecule has 0 unspecified atom stereocenters. The quantitative estimate of drug-likeness (QED) is 0.360. The van der Waals surface area contributed by atoms with Crippen LogP contribution >= 0.6 is 23.2 Å². The zero-order valence-electron chi connectivity index (χ0n) is 18.8. The average Bonchev–Trinajstić information content (AvgIpc) is 3.59. The van der Waals surface area contributed by atoms with E-state index in [1.165, 1.54) is 12.1 Å². The molecule has 2 aliphatic rings. The summed E-state index contributed by atoms with van der Waals surface area (Å²) >= 11 is 12.8. The van der Waals surface area contributed by atoms with Gasteiger partial charge in [-0.3, -0.25) is 0 Å². The lowest BCUT2D eigenvalue weighted by Gasteiger charge is -2.36. The number of carbonyl (C=O) groups is 1. The molecule has 2 N–H and O–H groups in total. The van der Waals surface area contributed by atoms with Crippen molar-refractivity contribution >= 4 is 29.2 Å². The van der Waals surface area contributed by atoms with Gasteiger partial charge in [0.1, 0.15) is 17.3 Å². The number of ether oxygens (including phenoxy) is 1. The third-order valence-electron chi connectivity index (χ3n) is 6.91. The molecule has 1 aromatic heterocycles. The minimum Gasteiger partial charge on any atom is -0.478 e. The van der Waals surface area contributed by atoms with Crippen molar-refractivity contribution in [3.8, 4) is 11.3 Å². The molecule has 6 nitrogen and oxygen atoms in total. The van der Waals surface area contributed by atoms with Crippen LogP contribution in [0.1, 0.15) is 71.7 Å². The van der Waals surface area contributed by atoms with Crippen molar-refractivity contribution in [3.63, 3.8) is 0 Å². The summed E-state index contributed by atoms with van der Waals surface area (Å²) in [7, 11) is 0. The summed E-state index contributed by atoms with van der Waals surface area (Å²) in [5.41, 5.74) is 0.624. The van der Waals surface area contributed by atoms with Crippen LogP contribution in [0.3, 0.4) is 0 Å². The highest BCUT2D eigenvalue weighted by Gasteiger charge is 2.38. The number of hydrogen-bond donors (Lipinski definition) is 2. The topological polar surface area (TPSA) is 92.8 Å². The number of carboxylic acid groups (broad SMARTS) is 1. The maximum absolute atomic E-state index is 14.6. The van der Waals surface area contributed by atoms with Crippen molar-refractivity contribution in [1.82, 2.24) is 5.16 Å². The first-order chi connectivity index (χ1) is 16.8. The van der Waals surface area contributed by atoms with Gasteiger partial charge in [-0.15, -0.1) is 0 Å². The SMILES string of the molecule is O=C(O)c1ccc([C@]2(O)CC[C@@H](OCc3c(-c4c(Cl)cccc4Cl)noc3C3CC3)CC2)c(F)c1. The molecule has 35 heavy (non-hydrogen) atoms. The molecule has 0 atom stereocenters. The van der Waals surface area contributed by atoms with Crippen LogP contribution in [0.4, 0.5) is 4.39 Å². The van der Waals surface area contributed by atoms with E-state index in [-0.39, 0.29) is 23.8 Å². The summed E-state index contributed by atoms with van der Waals surface area (Å²) < 4.78 is 26.5. The lowest BCUT2D eigenvalue weighted by atomic mass is 9.78. The second-order valence-electron chi connectivity index (χ2n) is 9.29. The fourth-order valence-corrected chi connectivity index (χ4v) is 5.36. The summed E-state index contributed by atoms with van der Waals surface area (Å²) in [5, 5.41) is 25.4. The summed E-state index contributed by atoms with van der Waals surface area (Å²) in [6.45, 7) is 0.261. The van der Waals surface area contributed by atoms with E-state index in [9.17, 15) is 14.3 Å². The molecule has 3 aromatic rings. The summed E-state index contributed by atoms with van der Waals surface area (Å²) in [6.07, 6.45) is 3.53. The largest absolute Gasteiger partial charge is 0.478 e. The summed E-state index contributed by atoms with van der Waals surface area (Å²) in [5.74, 6) is -0.823. The molecule has 9 heteroatoms. The Hall–Kier alpha value is -2.45. The normalized spacial score (nSPS) is 22.3. The molecule has 2 saturated carbocycles. The van der Waals surface area contributed by atoms with Gasteiger partial charge in [-0.1, -0.05) is 40.5 Å². The van der Waals surface area contributed by atoms with Crippen LogP contribution in [0.25, 0.3) is 11.3 Å².